The predicted molar refractivity (Wildman–Crippen MR) is 120 cm³/mol. The average molecular weight is 444 g/mol. The van der Waals surface area contributed by atoms with E-state index in [1.54, 1.807) is 6.07 Å². The van der Waals surface area contributed by atoms with Crippen LogP contribution in [0.2, 0.25) is 0 Å². The van der Waals surface area contributed by atoms with Gasteiger partial charge in [-0.25, -0.2) is 0 Å². The molecule has 5 rings (SSSR count). The molecule has 0 unspecified atom stereocenters. The molecule has 2 saturated heterocycles. The summed E-state index contributed by atoms with van der Waals surface area (Å²) in [6.07, 6.45) is -2.07. The van der Waals surface area contributed by atoms with Gasteiger partial charge in [-0.1, -0.05) is 24.3 Å². The molecule has 0 N–H and O–H groups in total. The maximum atomic E-state index is 13.0. The number of furan rings is 1. The Bertz CT molecular complexity index is 1010. The number of fused-ring (bicyclic) bond motifs is 1. The monoisotopic (exact) mass is 443 g/mol. The Labute approximate surface area is 186 Å². The fraction of sp³-hybridized carbons (Fsp3) is 0.440. The molecule has 2 aliphatic rings. The van der Waals surface area contributed by atoms with E-state index in [1.807, 2.05) is 18.2 Å². The number of likely N-dealkylation sites (tertiary alicyclic amines) is 1. The van der Waals surface area contributed by atoms with Crippen LogP contribution in [0.1, 0.15) is 24.2 Å². The third-order valence-electron chi connectivity index (χ3n) is 6.78. The molecule has 7 heteroatoms. The van der Waals surface area contributed by atoms with Crippen molar-refractivity contribution in [2.24, 2.45) is 0 Å². The minimum atomic E-state index is -4.30. The number of nitrogens with zero attached hydrogens (tertiary/aromatic N) is 3. The van der Waals surface area contributed by atoms with Gasteiger partial charge in [0, 0.05) is 56.4 Å². The van der Waals surface area contributed by atoms with Crippen LogP contribution in [0, 0.1) is 0 Å². The first-order valence-electron chi connectivity index (χ1n) is 11.3. The zero-order valence-corrected chi connectivity index (χ0v) is 18.0. The van der Waals surface area contributed by atoms with E-state index in [0.29, 0.717) is 11.7 Å². The van der Waals surface area contributed by atoms with Crippen molar-refractivity contribution in [3.8, 4) is 0 Å². The second-order valence-electron chi connectivity index (χ2n) is 8.83. The van der Waals surface area contributed by atoms with Crippen molar-refractivity contribution in [1.82, 2.24) is 9.80 Å². The van der Waals surface area contributed by atoms with E-state index in [1.165, 1.54) is 12.1 Å². The zero-order valence-electron chi connectivity index (χ0n) is 18.0. The number of piperazine rings is 1. The number of benzene rings is 2. The minimum absolute atomic E-state index is 0.547. The number of halogens is 3. The quantitative estimate of drug-likeness (QED) is 0.550. The highest BCUT2D eigenvalue weighted by Gasteiger charge is 2.32. The molecule has 3 heterocycles. The maximum absolute atomic E-state index is 13.0. The summed E-state index contributed by atoms with van der Waals surface area (Å²) < 4.78 is 45.0. The van der Waals surface area contributed by atoms with Gasteiger partial charge in [-0.2, -0.15) is 13.2 Å². The Kier molecular flexibility index (Phi) is 5.86. The van der Waals surface area contributed by atoms with Crippen LogP contribution in [0.25, 0.3) is 11.0 Å². The SMILES string of the molecule is FC(F)(F)c1cccc(N2CCN(C3CCN(Cc4cc5ccccc5o4)CC3)CC2)c1. The number of anilines is 1. The highest BCUT2D eigenvalue weighted by Crippen LogP contribution is 2.32. The molecule has 0 bridgehead atoms. The lowest BCUT2D eigenvalue weighted by molar-refractivity contribution is -0.137. The van der Waals surface area contributed by atoms with Crippen LogP contribution in [0.5, 0.6) is 0 Å². The van der Waals surface area contributed by atoms with Crippen LogP contribution >= 0.6 is 0 Å². The highest BCUT2D eigenvalue weighted by atomic mass is 19.4. The van der Waals surface area contributed by atoms with Crippen LogP contribution in [-0.2, 0) is 12.7 Å². The van der Waals surface area contributed by atoms with Crippen LogP contribution in [-0.4, -0.2) is 55.1 Å². The van der Waals surface area contributed by atoms with E-state index in [0.717, 1.165) is 81.5 Å². The van der Waals surface area contributed by atoms with Gasteiger partial charge in [0.25, 0.3) is 0 Å². The van der Waals surface area contributed by atoms with Gasteiger partial charge < -0.3 is 9.32 Å². The summed E-state index contributed by atoms with van der Waals surface area (Å²) in [4.78, 5) is 7.04. The Morgan fingerprint density at radius 3 is 2.31 bits per heavy atom. The molecule has 0 atom stereocenters. The molecule has 0 saturated carbocycles. The first-order chi connectivity index (χ1) is 15.5. The highest BCUT2D eigenvalue weighted by molar-refractivity contribution is 5.77. The first-order valence-corrected chi connectivity index (χ1v) is 11.3. The molecule has 0 radical (unpaired) electrons. The molecule has 2 fully saturated rings. The fourth-order valence-electron chi connectivity index (χ4n) is 5.00. The molecule has 0 spiro atoms. The summed E-state index contributed by atoms with van der Waals surface area (Å²) >= 11 is 0. The van der Waals surface area contributed by atoms with E-state index in [9.17, 15) is 13.2 Å². The zero-order chi connectivity index (χ0) is 22.1. The molecule has 170 valence electrons. The van der Waals surface area contributed by atoms with Crippen molar-refractivity contribution in [3.63, 3.8) is 0 Å². The normalized spacial score (nSPS) is 19.7. The fourth-order valence-corrected chi connectivity index (χ4v) is 5.00. The summed E-state index contributed by atoms with van der Waals surface area (Å²) in [5.41, 5.74) is 1.03. The van der Waals surface area contributed by atoms with Crippen molar-refractivity contribution in [2.45, 2.75) is 31.6 Å². The molecule has 1 aromatic heterocycles. The Morgan fingerprint density at radius 1 is 0.844 bits per heavy atom. The van der Waals surface area contributed by atoms with Gasteiger partial charge in [-0.05, 0) is 43.2 Å². The predicted octanol–water partition coefficient (Wildman–Crippen LogP) is 5.24. The molecular formula is C25H28F3N3O. The van der Waals surface area contributed by atoms with Crippen molar-refractivity contribution in [1.29, 1.82) is 0 Å². The van der Waals surface area contributed by atoms with E-state index in [4.69, 9.17) is 4.42 Å². The van der Waals surface area contributed by atoms with Gasteiger partial charge in [-0.3, -0.25) is 9.80 Å². The van der Waals surface area contributed by atoms with Crippen molar-refractivity contribution < 1.29 is 17.6 Å². The standard InChI is InChI=1S/C25H28F3N3O/c26-25(27,28)20-5-3-6-22(17-20)31-14-12-30(13-15-31)21-8-10-29(11-9-21)18-23-16-19-4-1-2-7-24(19)32-23/h1-7,16-17,21H,8-15,18H2. The molecule has 32 heavy (non-hydrogen) atoms. The molecule has 0 amide bonds. The Morgan fingerprint density at radius 2 is 1.59 bits per heavy atom. The molecule has 0 aliphatic carbocycles. The van der Waals surface area contributed by atoms with Gasteiger partial charge in [0.1, 0.15) is 11.3 Å². The van der Waals surface area contributed by atoms with Gasteiger partial charge >= 0.3 is 6.18 Å². The average Bonchev–Trinajstić information content (AvgIpc) is 3.22. The van der Waals surface area contributed by atoms with E-state index < -0.39 is 11.7 Å². The third kappa shape index (κ3) is 4.64. The van der Waals surface area contributed by atoms with Gasteiger partial charge in [0.2, 0.25) is 0 Å². The Balaban J connectivity index is 1.12. The molecule has 3 aromatic rings. The Hall–Kier alpha value is -2.51. The summed E-state index contributed by atoms with van der Waals surface area (Å²) in [7, 11) is 0. The lowest BCUT2D eigenvalue weighted by atomic mass is 10.0. The van der Waals surface area contributed by atoms with Gasteiger partial charge in [0.05, 0.1) is 12.1 Å². The second-order valence-corrected chi connectivity index (χ2v) is 8.83. The smallest absolute Gasteiger partial charge is 0.416 e. The van der Waals surface area contributed by atoms with E-state index in [-0.39, 0.29) is 0 Å². The van der Waals surface area contributed by atoms with Gasteiger partial charge in [0.15, 0.2) is 0 Å². The summed E-state index contributed by atoms with van der Waals surface area (Å²) in [6, 6.07) is 16.5. The number of hydrogen-bond acceptors (Lipinski definition) is 4. The van der Waals surface area contributed by atoms with Crippen LogP contribution in [0.4, 0.5) is 18.9 Å². The van der Waals surface area contributed by atoms with Crippen LogP contribution in [0.15, 0.2) is 59.0 Å². The van der Waals surface area contributed by atoms with E-state index in [2.05, 4.69) is 26.8 Å². The van der Waals surface area contributed by atoms with Crippen molar-refractivity contribution in [3.05, 3.63) is 65.9 Å². The van der Waals surface area contributed by atoms with Crippen LogP contribution in [0.3, 0.4) is 0 Å². The summed E-state index contributed by atoms with van der Waals surface area (Å²) in [5, 5.41) is 1.15. The first kappa shape index (κ1) is 21.3. The second kappa shape index (κ2) is 8.79. The molecular weight excluding hydrogens is 415 g/mol. The molecule has 4 nitrogen and oxygen atoms in total. The summed E-state index contributed by atoms with van der Waals surface area (Å²) in [6.45, 7) is 6.23. The number of piperidine rings is 1. The van der Waals surface area contributed by atoms with Crippen LogP contribution < -0.4 is 4.90 Å². The van der Waals surface area contributed by atoms with Crippen molar-refractivity contribution in [2.75, 3.05) is 44.2 Å². The lowest BCUT2D eigenvalue weighted by Crippen LogP contribution is -2.53. The number of hydrogen-bond donors (Lipinski definition) is 0. The molecule has 2 aliphatic heterocycles. The van der Waals surface area contributed by atoms with E-state index >= 15 is 0 Å². The third-order valence-corrected chi connectivity index (χ3v) is 6.78. The lowest BCUT2D eigenvalue weighted by Gasteiger charge is -2.43. The number of para-hydroxylation sites is 1. The summed E-state index contributed by atoms with van der Waals surface area (Å²) in [5.74, 6) is 1.01. The molecule has 2 aromatic carbocycles. The largest absolute Gasteiger partial charge is 0.460 e. The number of alkyl halides is 3. The topological polar surface area (TPSA) is 22.9 Å². The van der Waals surface area contributed by atoms with Crippen molar-refractivity contribution >= 4 is 16.7 Å². The number of rotatable bonds is 4. The minimum Gasteiger partial charge on any atom is -0.460 e. The van der Waals surface area contributed by atoms with Gasteiger partial charge in [-0.15, -0.1) is 0 Å². The maximum Gasteiger partial charge on any atom is 0.416 e.